The Morgan fingerprint density at radius 1 is 1.00 bits per heavy atom. The van der Waals surface area contributed by atoms with E-state index < -0.39 is 0 Å². The molecule has 4 N–H and O–H groups in total. The molecule has 0 aliphatic carbocycles. The lowest BCUT2D eigenvalue weighted by atomic mass is 9.98. The summed E-state index contributed by atoms with van der Waals surface area (Å²) in [4.78, 5) is 15.2. The molecule has 0 amide bonds. The summed E-state index contributed by atoms with van der Waals surface area (Å²) in [6.45, 7) is 2.78. The van der Waals surface area contributed by atoms with E-state index in [4.69, 9.17) is 11.5 Å². The van der Waals surface area contributed by atoms with Gasteiger partial charge in [-0.2, -0.15) is 0 Å². The van der Waals surface area contributed by atoms with Gasteiger partial charge in [0.05, 0.1) is 11.4 Å². The van der Waals surface area contributed by atoms with Gasteiger partial charge in [0.2, 0.25) is 5.95 Å². The van der Waals surface area contributed by atoms with Crippen LogP contribution in [0.4, 0.5) is 11.8 Å². The predicted octanol–water partition coefficient (Wildman–Crippen LogP) is 2.74. The summed E-state index contributed by atoms with van der Waals surface area (Å²) in [5.41, 5.74) is 17.3. The molecule has 0 saturated carbocycles. The maximum absolute atomic E-state index is 5.92. The summed E-state index contributed by atoms with van der Waals surface area (Å²) in [5, 5.41) is 0. The van der Waals surface area contributed by atoms with Gasteiger partial charge in [0.1, 0.15) is 5.82 Å². The summed E-state index contributed by atoms with van der Waals surface area (Å²) in [6.07, 6.45) is 1.74. The van der Waals surface area contributed by atoms with Gasteiger partial charge in [-0.15, -0.1) is 0 Å². The molecule has 0 aliphatic heterocycles. The normalized spacial score (nSPS) is 11.0. The van der Waals surface area contributed by atoms with Crippen LogP contribution in [0, 0.1) is 6.92 Å². The molecule has 1 aromatic carbocycles. The molecule has 3 rings (SSSR count). The molecule has 0 radical (unpaired) electrons. The minimum absolute atomic E-state index is 0.262. The topological polar surface area (TPSA) is 94.0 Å². The summed E-state index contributed by atoms with van der Waals surface area (Å²) in [7, 11) is 4.09. The number of aryl methyl sites for hydroxylation is 1. The summed E-state index contributed by atoms with van der Waals surface area (Å²) < 4.78 is 0. The number of anilines is 2. The number of hydrogen-bond acceptors (Lipinski definition) is 6. The quantitative estimate of drug-likeness (QED) is 0.762. The van der Waals surface area contributed by atoms with E-state index in [9.17, 15) is 0 Å². The molecule has 2 heterocycles. The maximum atomic E-state index is 5.92. The summed E-state index contributed by atoms with van der Waals surface area (Å²) >= 11 is 0. The van der Waals surface area contributed by atoms with E-state index in [1.54, 1.807) is 12.3 Å². The first kappa shape index (κ1) is 16.9. The Balaban J connectivity index is 2.17. The number of hydrogen-bond donors (Lipinski definition) is 2. The fraction of sp³-hybridized carbons (Fsp3) is 0.211. The van der Waals surface area contributed by atoms with Crippen LogP contribution in [0.3, 0.4) is 0 Å². The van der Waals surface area contributed by atoms with E-state index in [-0.39, 0.29) is 5.95 Å². The van der Waals surface area contributed by atoms with Crippen LogP contribution in [0.25, 0.3) is 22.4 Å². The standard InChI is InChI=1S/C19H22N6/c1-12-17(15-7-8-16(20)22-10-15)18(24-19(21)23-12)14-6-4-5-13(9-14)11-25(2)3/h4-10H,11H2,1-3H3,(H2,20,22)(H2,21,23,24). The first-order valence-corrected chi connectivity index (χ1v) is 8.04. The third-order valence-electron chi connectivity index (χ3n) is 3.88. The Hall–Kier alpha value is -2.99. The van der Waals surface area contributed by atoms with E-state index in [1.165, 1.54) is 5.56 Å². The molecule has 0 saturated heterocycles. The lowest BCUT2D eigenvalue weighted by Gasteiger charge is -2.15. The molecule has 0 atom stereocenters. The van der Waals surface area contributed by atoms with Crippen molar-refractivity contribution in [3.63, 3.8) is 0 Å². The fourth-order valence-corrected chi connectivity index (χ4v) is 2.88. The van der Waals surface area contributed by atoms with E-state index in [0.717, 1.165) is 34.6 Å². The summed E-state index contributed by atoms with van der Waals surface area (Å²) in [5.74, 6) is 0.741. The molecule has 2 aromatic heterocycles. The monoisotopic (exact) mass is 334 g/mol. The second kappa shape index (κ2) is 6.86. The number of nitrogen functional groups attached to an aromatic ring is 2. The molecule has 25 heavy (non-hydrogen) atoms. The number of pyridine rings is 1. The molecule has 6 nitrogen and oxygen atoms in total. The van der Waals surface area contributed by atoms with Crippen molar-refractivity contribution in [2.75, 3.05) is 25.6 Å². The average molecular weight is 334 g/mol. The minimum Gasteiger partial charge on any atom is -0.384 e. The second-order valence-electron chi connectivity index (χ2n) is 6.30. The zero-order valence-corrected chi connectivity index (χ0v) is 14.7. The van der Waals surface area contributed by atoms with E-state index in [2.05, 4.69) is 32.0 Å². The number of rotatable bonds is 4. The van der Waals surface area contributed by atoms with Crippen molar-refractivity contribution < 1.29 is 0 Å². The first-order chi connectivity index (χ1) is 11.9. The number of nitrogens with two attached hydrogens (primary N) is 2. The Bertz CT molecular complexity index is 887. The van der Waals surface area contributed by atoms with Crippen LogP contribution in [0.2, 0.25) is 0 Å². The van der Waals surface area contributed by atoms with Crippen molar-refractivity contribution in [3.05, 3.63) is 53.9 Å². The van der Waals surface area contributed by atoms with Crippen molar-refractivity contribution in [2.24, 2.45) is 0 Å². The molecule has 0 fully saturated rings. The van der Waals surface area contributed by atoms with Gasteiger partial charge in [-0.1, -0.05) is 18.2 Å². The summed E-state index contributed by atoms with van der Waals surface area (Å²) in [6, 6.07) is 12.0. The molecular formula is C19H22N6. The molecule has 0 unspecified atom stereocenters. The van der Waals surface area contributed by atoms with Gasteiger partial charge in [0, 0.05) is 29.4 Å². The van der Waals surface area contributed by atoms with Crippen molar-refractivity contribution >= 4 is 11.8 Å². The average Bonchev–Trinajstić information content (AvgIpc) is 2.55. The maximum Gasteiger partial charge on any atom is 0.220 e. The zero-order chi connectivity index (χ0) is 18.0. The van der Waals surface area contributed by atoms with Crippen molar-refractivity contribution in [3.8, 4) is 22.4 Å². The number of nitrogens with zero attached hydrogens (tertiary/aromatic N) is 4. The highest BCUT2D eigenvalue weighted by molar-refractivity contribution is 5.83. The van der Waals surface area contributed by atoms with Crippen molar-refractivity contribution in [1.29, 1.82) is 0 Å². The second-order valence-corrected chi connectivity index (χ2v) is 6.30. The van der Waals surface area contributed by atoms with Crippen LogP contribution in [-0.2, 0) is 6.54 Å². The van der Waals surface area contributed by atoms with Crippen molar-refractivity contribution in [1.82, 2.24) is 19.9 Å². The van der Waals surface area contributed by atoms with Crippen LogP contribution in [-0.4, -0.2) is 33.9 Å². The number of benzene rings is 1. The largest absolute Gasteiger partial charge is 0.384 e. The van der Waals surface area contributed by atoms with Gasteiger partial charge in [-0.05, 0) is 44.8 Å². The Kier molecular flexibility index (Phi) is 4.63. The molecule has 0 spiro atoms. The van der Waals surface area contributed by atoms with Gasteiger partial charge in [-0.25, -0.2) is 15.0 Å². The molecule has 6 heteroatoms. The highest BCUT2D eigenvalue weighted by Crippen LogP contribution is 2.33. The molecule has 3 aromatic rings. The van der Waals surface area contributed by atoms with Gasteiger partial charge < -0.3 is 16.4 Å². The van der Waals surface area contributed by atoms with Crippen molar-refractivity contribution in [2.45, 2.75) is 13.5 Å². The Labute approximate surface area is 147 Å². The first-order valence-electron chi connectivity index (χ1n) is 8.04. The molecular weight excluding hydrogens is 312 g/mol. The van der Waals surface area contributed by atoms with Gasteiger partial charge in [0.15, 0.2) is 0 Å². The SMILES string of the molecule is Cc1nc(N)nc(-c2cccc(CN(C)C)c2)c1-c1ccc(N)nc1. The van der Waals surface area contributed by atoms with Crippen LogP contribution < -0.4 is 11.5 Å². The van der Waals surface area contributed by atoms with Crippen LogP contribution in [0.15, 0.2) is 42.6 Å². The van der Waals surface area contributed by atoms with Gasteiger partial charge in [-0.3, -0.25) is 0 Å². The van der Waals surface area contributed by atoms with Gasteiger partial charge in [0.25, 0.3) is 0 Å². The van der Waals surface area contributed by atoms with E-state index >= 15 is 0 Å². The lowest BCUT2D eigenvalue weighted by molar-refractivity contribution is 0.402. The van der Waals surface area contributed by atoms with E-state index in [1.807, 2.05) is 39.2 Å². The molecule has 0 bridgehead atoms. The molecule has 0 aliphatic rings. The zero-order valence-electron chi connectivity index (χ0n) is 14.7. The van der Waals surface area contributed by atoms with Gasteiger partial charge >= 0.3 is 0 Å². The minimum atomic E-state index is 0.262. The third-order valence-corrected chi connectivity index (χ3v) is 3.88. The molecule has 128 valence electrons. The smallest absolute Gasteiger partial charge is 0.220 e. The van der Waals surface area contributed by atoms with Crippen LogP contribution >= 0.6 is 0 Å². The Morgan fingerprint density at radius 2 is 1.80 bits per heavy atom. The van der Waals surface area contributed by atoms with Crippen LogP contribution in [0.1, 0.15) is 11.3 Å². The predicted molar refractivity (Wildman–Crippen MR) is 102 cm³/mol. The fourth-order valence-electron chi connectivity index (χ4n) is 2.88. The third kappa shape index (κ3) is 3.75. The highest BCUT2D eigenvalue weighted by atomic mass is 15.0. The Morgan fingerprint density at radius 3 is 2.48 bits per heavy atom. The lowest BCUT2D eigenvalue weighted by Crippen LogP contribution is -2.10. The van der Waals surface area contributed by atoms with E-state index in [0.29, 0.717) is 5.82 Å². The number of aromatic nitrogens is 3. The highest BCUT2D eigenvalue weighted by Gasteiger charge is 2.15. The van der Waals surface area contributed by atoms with Crippen LogP contribution in [0.5, 0.6) is 0 Å².